The predicted molar refractivity (Wildman–Crippen MR) is 151 cm³/mol. The Morgan fingerprint density at radius 3 is 2.61 bits per heavy atom. The van der Waals surface area contributed by atoms with E-state index in [1.54, 1.807) is 16.8 Å². The zero-order valence-electron chi connectivity index (χ0n) is 21.4. The molecule has 1 atom stereocenters. The highest BCUT2D eigenvalue weighted by atomic mass is 32.2. The number of anilines is 2. The first-order valence-electron chi connectivity index (χ1n) is 12.3. The highest BCUT2D eigenvalue weighted by Gasteiger charge is 2.32. The molecule has 1 aromatic heterocycles. The molecule has 6 nitrogen and oxygen atoms in total. The van der Waals surface area contributed by atoms with Gasteiger partial charge in [-0.2, -0.15) is 4.98 Å². The summed E-state index contributed by atoms with van der Waals surface area (Å²) in [6.45, 7) is 5.88. The van der Waals surface area contributed by atoms with Gasteiger partial charge in [0.05, 0.1) is 5.57 Å². The van der Waals surface area contributed by atoms with Gasteiger partial charge >= 0.3 is 0 Å². The maximum atomic E-state index is 14.1. The van der Waals surface area contributed by atoms with Gasteiger partial charge in [0.15, 0.2) is 0 Å². The molecule has 38 heavy (non-hydrogen) atoms. The number of thioether (sulfide) groups is 1. The van der Waals surface area contributed by atoms with E-state index in [1.807, 2.05) is 87.5 Å². The highest BCUT2D eigenvalue weighted by molar-refractivity contribution is 7.98. The monoisotopic (exact) mass is 525 g/mol. The molecule has 0 spiro atoms. The fourth-order valence-corrected chi connectivity index (χ4v) is 5.12. The number of aromatic nitrogens is 3. The van der Waals surface area contributed by atoms with Gasteiger partial charge in [0.1, 0.15) is 11.9 Å². The number of hydrogen-bond donors (Lipinski definition) is 2. The quantitative estimate of drug-likeness (QED) is 0.256. The second-order valence-electron chi connectivity index (χ2n) is 9.12. The van der Waals surface area contributed by atoms with Crippen LogP contribution < -0.4 is 10.6 Å². The van der Waals surface area contributed by atoms with Gasteiger partial charge < -0.3 is 10.6 Å². The van der Waals surface area contributed by atoms with Crippen molar-refractivity contribution in [1.82, 2.24) is 14.8 Å². The van der Waals surface area contributed by atoms with Crippen LogP contribution in [0, 0.1) is 19.7 Å². The number of nitrogens with zero attached hydrogens (tertiary/aromatic N) is 3. The van der Waals surface area contributed by atoms with Crippen molar-refractivity contribution < 1.29 is 9.18 Å². The molecule has 0 fully saturated rings. The van der Waals surface area contributed by atoms with E-state index in [9.17, 15) is 9.18 Å². The molecule has 0 saturated carbocycles. The molecular formula is C30H28FN5OS. The van der Waals surface area contributed by atoms with E-state index < -0.39 is 6.04 Å². The van der Waals surface area contributed by atoms with Crippen LogP contribution in [0.4, 0.5) is 16.0 Å². The molecule has 0 aliphatic carbocycles. The van der Waals surface area contributed by atoms with Crippen LogP contribution in [-0.2, 0) is 10.5 Å². The van der Waals surface area contributed by atoms with Crippen LogP contribution in [0.5, 0.6) is 0 Å². The molecule has 0 bridgehead atoms. The van der Waals surface area contributed by atoms with Crippen LogP contribution in [-0.4, -0.2) is 20.7 Å². The lowest BCUT2D eigenvalue weighted by molar-refractivity contribution is -0.113. The maximum Gasteiger partial charge on any atom is 0.255 e. The highest BCUT2D eigenvalue weighted by Crippen LogP contribution is 2.34. The van der Waals surface area contributed by atoms with Crippen molar-refractivity contribution in [2.45, 2.75) is 37.7 Å². The minimum Gasteiger partial charge on any atom is -0.328 e. The van der Waals surface area contributed by atoms with E-state index in [4.69, 9.17) is 5.10 Å². The van der Waals surface area contributed by atoms with Gasteiger partial charge in [0.25, 0.3) is 5.91 Å². The second-order valence-corrected chi connectivity index (χ2v) is 10.1. The van der Waals surface area contributed by atoms with Gasteiger partial charge in [-0.25, -0.2) is 9.07 Å². The Balaban J connectivity index is 1.47. The number of halogens is 1. The topological polar surface area (TPSA) is 71.8 Å². The lowest BCUT2D eigenvalue weighted by atomic mass is 10.00. The smallest absolute Gasteiger partial charge is 0.255 e. The number of hydrogen-bond acceptors (Lipinski definition) is 5. The largest absolute Gasteiger partial charge is 0.328 e. The lowest BCUT2D eigenvalue weighted by Crippen LogP contribution is -2.30. The first kappa shape index (κ1) is 25.5. The molecule has 192 valence electrons. The third kappa shape index (κ3) is 5.40. The molecule has 1 aliphatic rings. The number of fused-ring (bicyclic) bond motifs is 1. The van der Waals surface area contributed by atoms with E-state index in [0.29, 0.717) is 33.7 Å². The Labute approximate surface area is 225 Å². The van der Waals surface area contributed by atoms with Gasteiger partial charge in [0, 0.05) is 17.1 Å². The molecule has 2 heterocycles. The van der Waals surface area contributed by atoms with E-state index >= 15 is 0 Å². The normalized spacial score (nSPS) is 14.9. The summed E-state index contributed by atoms with van der Waals surface area (Å²) in [7, 11) is 0. The molecule has 1 unspecified atom stereocenters. The van der Waals surface area contributed by atoms with E-state index in [1.165, 1.54) is 17.8 Å². The van der Waals surface area contributed by atoms with E-state index in [2.05, 4.69) is 15.6 Å². The zero-order chi connectivity index (χ0) is 26.6. The van der Waals surface area contributed by atoms with Gasteiger partial charge in [0.2, 0.25) is 11.1 Å². The van der Waals surface area contributed by atoms with Gasteiger partial charge in [-0.3, -0.25) is 4.79 Å². The van der Waals surface area contributed by atoms with Crippen molar-refractivity contribution in [3.63, 3.8) is 0 Å². The number of rotatable bonds is 7. The van der Waals surface area contributed by atoms with E-state index in [-0.39, 0.29) is 11.7 Å². The Bertz CT molecular complexity index is 1540. The van der Waals surface area contributed by atoms with Crippen molar-refractivity contribution in [3.8, 4) is 0 Å². The predicted octanol–water partition coefficient (Wildman–Crippen LogP) is 6.92. The Hall–Kier alpha value is -4.17. The van der Waals surface area contributed by atoms with Crippen LogP contribution in [0.2, 0.25) is 0 Å². The summed E-state index contributed by atoms with van der Waals surface area (Å²) in [5, 5.41) is 11.5. The van der Waals surface area contributed by atoms with Crippen molar-refractivity contribution in [1.29, 1.82) is 0 Å². The molecule has 2 N–H and O–H groups in total. The average molecular weight is 526 g/mol. The van der Waals surface area contributed by atoms with Crippen LogP contribution in [0.15, 0.2) is 95.3 Å². The SMILES string of the molecule is CC1=C(C(=O)Nc2cccc(C)c2C)C(/C=C/c2ccccc2)n2nc(SCc3ccccc3F)nc2N1. The summed E-state index contributed by atoms with van der Waals surface area (Å²) in [6.07, 6.45) is 3.94. The molecule has 0 radical (unpaired) electrons. The van der Waals surface area contributed by atoms with Crippen molar-refractivity contribution in [2.75, 3.05) is 10.6 Å². The molecule has 0 saturated heterocycles. The van der Waals surface area contributed by atoms with Gasteiger partial charge in [-0.1, -0.05) is 84.6 Å². The molecule has 8 heteroatoms. The van der Waals surface area contributed by atoms with E-state index in [0.717, 1.165) is 22.4 Å². The Morgan fingerprint density at radius 1 is 1.05 bits per heavy atom. The number of amides is 1. The number of allylic oxidation sites excluding steroid dienone is 2. The first-order chi connectivity index (χ1) is 18.4. The van der Waals surface area contributed by atoms with Crippen LogP contribution >= 0.6 is 11.8 Å². The second kappa shape index (κ2) is 11.1. The summed E-state index contributed by atoms with van der Waals surface area (Å²) >= 11 is 1.35. The molecular weight excluding hydrogens is 497 g/mol. The molecule has 1 aliphatic heterocycles. The minimum absolute atomic E-state index is 0.215. The summed E-state index contributed by atoms with van der Waals surface area (Å²) in [6, 6.07) is 21.9. The Kier molecular flexibility index (Phi) is 7.42. The van der Waals surface area contributed by atoms with Gasteiger partial charge in [-0.05, 0) is 55.2 Å². The van der Waals surface area contributed by atoms with Crippen LogP contribution in [0.3, 0.4) is 0 Å². The molecule has 1 amide bonds. The minimum atomic E-state index is -0.494. The third-order valence-electron chi connectivity index (χ3n) is 6.56. The average Bonchev–Trinajstić information content (AvgIpc) is 3.32. The number of carbonyl (C=O) groups is 1. The number of nitrogens with one attached hydrogen (secondary N) is 2. The van der Waals surface area contributed by atoms with Crippen molar-refractivity contribution in [2.24, 2.45) is 0 Å². The molecule has 5 rings (SSSR count). The molecule has 4 aromatic rings. The maximum absolute atomic E-state index is 14.1. The van der Waals surface area contributed by atoms with Crippen LogP contribution in [0.25, 0.3) is 6.08 Å². The molecule has 3 aromatic carbocycles. The van der Waals surface area contributed by atoms with Crippen molar-refractivity contribution >= 4 is 35.4 Å². The number of aryl methyl sites for hydroxylation is 1. The summed E-state index contributed by atoms with van der Waals surface area (Å²) in [5.41, 5.74) is 5.72. The van der Waals surface area contributed by atoms with Crippen molar-refractivity contribution in [3.05, 3.63) is 118 Å². The lowest BCUT2D eigenvalue weighted by Gasteiger charge is -2.26. The fourth-order valence-electron chi connectivity index (χ4n) is 4.31. The first-order valence-corrected chi connectivity index (χ1v) is 13.3. The zero-order valence-corrected chi connectivity index (χ0v) is 22.2. The number of carbonyl (C=O) groups excluding carboxylic acids is 1. The van der Waals surface area contributed by atoms with Crippen LogP contribution in [0.1, 0.15) is 35.2 Å². The van der Waals surface area contributed by atoms with Gasteiger partial charge in [-0.15, -0.1) is 5.10 Å². The summed E-state index contributed by atoms with van der Waals surface area (Å²) in [5.74, 6) is 0.457. The summed E-state index contributed by atoms with van der Waals surface area (Å²) < 4.78 is 15.9. The Morgan fingerprint density at radius 2 is 1.82 bits per heavy atom. The summed E-state index contributed by atoms with van der Waals surface area (Å²) in [4.78, 5) is 18.3. The number of benzene rings is 3. The fraction of sp³-hybridized carbons (Fsp3) is 0.167. The standard InChI is InChI=1S/C30H28FN5OS/c1-19-10-9-15-25(20(19)2)33-28(37)27-21(3)32-29-34-30(38-18-23-13-7-8-14-24(23)31)35-36(29)26(27)17-16-22-11-5-4-6-12-22/h4-17,26H,18H2,1-3H3,(H,33,37)(H,32,34,35)/b17-16+. The third-order valence-corrected chi connectivity index (χ3v) is 7.44.